The van der Waals surface area contributed by atoms with Crippen LogP contribution < -0.4 is 0 Å². The molecule has 2 heterocycles. The second-order valence-electron chi connectivity index (χ2n) is 7.10. The first-order valence-electron chi connectivity index (χ1n) is 8.44. The molecule has 1 saturated heterocycles. The van der Waals surface area contributed by atoms with E-state index in [0.29, 0.717) is 29.4 Å². The van der Waals surface area contributed by atoms with Crippen LogP contribution >= 0.6 is 0 Å². The first-order chi connectivity index (χ1) is 12.0. The van der Waals surface area contributed by atoms with Crippen molar-refractivity contribution < 1.29 is 23.5 Å². The van der Waals surface area contributed by atoms with E-state index in [1.165, 1.54) is 18.1 Å². The maximum Gasteiger partial charge on any atom is 0.341 e. The fourth-order valence-corrected chi connectivity index (χ4v) is 3.95. The van der Waals surface area contributed by atoms with Crippen LogP contribution in [-0.4, -0.2) is 24.1 Å². The zero-order valence-electron chi connectivity index (χ0n) is 14.1. The Morgan fingerprint density at radius 1 is 1.32 bits per heavy atom. The zero-order chi connectivity index (χ0) is 17.7. The van der Waals surface area contributed by atoms with E-state index in [2.05, 4.69) is 20.1 Å². The number of ether oxygens (including phenoxy) is 2. The van der Waals surface area contributed by atoms with Crippen LogP contribution in [0, 0.1) is 17.8 Å². The molecule has 1 saturated carbocycles. The lowest BCUT2D eigenvalue weighted by molar-refractivity contribution is -0.137. The molecular formula is C20H20O5. The Hall–Kier alpha value is -2.56. The Morgan fingerprint density at radius 2 is 2.12 bits per heavy atom. The van der Waals surface area contributed by atoms with Gasteiger partial charge in [0.25, 0.3) is 0 Å². The van der Waals surface area contributed by atoms with Crippen molar-refractivity contribution in [2.24, 2.45) is 17.8 Å². The van der Waals surface area contributed by atoms with E-state index in [-0.39, 0.29) is 0 Å². The Kier molecular flexibility index (Phi) is 3.67. The number of furan rings is 1. The molecule has 0 aromatic carbocycles. The van der Waals surface area contributed by atoms with Crippen LogP contribution in [-0.2, 0) is 14.3 Å². The van der Waals surface area contributed by atoms with Crippen molar-refractivity contribution >= 4 is 11.9 Å². The van der Waals surface area contributed by atoms with Gasteiger partial charge >= 0.3 is 11.9 Å². The molecule has 5 heteroatoms. The highest BCUT2D eigenvalue weighted by Crippen LogP contribution is 2.52. The van der Waals surface area contributed by atoms with Crippen molar-refractivity contribution in [2.75, 3.05) is 0 Å². The third kappa shape index (κ3) is 2.73. The summed E-state index contributed by atoms with van der Waals surface area (Å²) < 4.78 is 16.2. The van der Waals surface area contributed by atoms with Crippen molar-refractivity contribution in [1.82, 2.24) is 0 Å². The molecule has 5 unspecified atom stereocenters. The van der Waals surface area contributed by atoms with Gasteiger partial charge in [-0.2, -0.15) is 0 Å². The third-order valence-corrected chi connectivity index (χ3v) is 5.47. The number of fused-ring (bicyclic) bond motifs is 2. The quantitative estimate of drug-likeness (QED) is 0.469. The summed E-state index contributed by atoms with van der Waals surface area (Å²) in [5, 5.41) is 0. The van der Waals surface area contributed by atoms with E-state index in [1.807, 2.05) is 6.08 Å². The molecule has 1 aromatic heterocycles. The monoisotopic (exact) mass is 340 g/mol. The summed E-state index contributed by atoms with van der Waals surface area (Å²) in [6.45, 7) is 10.1. The molecule has 25 heavy (non-hydrogen) atoms. The second-order valence-corrected chi connectivity index (χ2v) is 7.10. The van der Waals surface area contributed by atoms with Crippen molar-refractivity contribution in [3.63, 3.8) is 0 Å². The van der Waals surface area contributed by atoms with Gasteiger partial charge in [-0.25, -0.2) is 9.59 Å². The third-order valence-electron chi connectivity index (χ3n) is 5.47. The van der Waals surface area contributed by atoms with Crippen molar-refractivity contribution in [3.8, 4) is 0 Å². The molecule has 3 aliphatic rings. The fourth-order valence-electron chi connectivity index (χ4n) is 3.95. The van der Waals surface area contributed by atoms with E-state index in [4.69, 9.17) is 13.9 Å². The maximum atomic E-state index is 12.4. The lowest BCUT2D eigenvalue weighted by atomic mass is 9.87. The van der Waals surface area contributed by atoms with E-state index < -0.39 is 30.1 Å². The first-order valence-corrected chi connectivity index (χ1v) is 8.44. The summed E-state index contributed by atoms with van der Waals surface area (Å²) in [6.07, 6.45) is 5.32. The molecule has 0 amide bonds. The number of hydrogen-bond acceptors (Lipinski definition) is 5. The molecule has 0 N–H and O–H groups in total. The average Bonchev–Trinajstić information content (AvgIpc) is 3.07. The molecule has 0 spiro atoms. The Morgan fingerprint density at radius 3 is 2.84 bits per heavy atom. The zero-order valence-corrected chi connectivity index (χ0v) is 14.1. The van der Waals surface area contributed by atoms with E-state index in [9.17, 15) is 9.59 Å². The summed E-state index contributed by atoms with van der Waals surface area (Å²) in [5.41, 5.74) is 2.94. The molecule has 0 bridgehead atoms. The molecule has 130 valence electrons. The number of rotatable bonds is 2. The number of esters is 2. The number of carbonyl (C=O) groups excluding carboxylic acids is 2. The van der Waals surface area contributed by atoms with Crippen LogP contribution in [0.25, 0.3) is 0 Å². The summed E-state index contributed by atoms with van der Waals surface area (Å²) in [5.74, 6) is -0.447. The number of carbonyl (C=O) groups is 2. The van der Waals surface area contributed by atoms with Gasteiger partial charge in [-0.05, 0) is 37.3 Å². The summed E-state index contributed by atoms with van der Waals surface area (Å²) in [6, 6.07) is 1.55. The van der Waals surface area contributed by atoms with Gasteiger partial charge in [-0.15, -0.1) is 0 Å². The number of allylic oxidation sites excluding steroid dienone is 1. The Bertz CT molecular complexity index is 785. The highest BCUT2D eigenvalue weighted by atomic mass is 16.6. The first kappa shape index (κ1) is 15.9. The molecular weight excluding hydrogens is 320 g/mol. The van der Waals surface area contributed by atoms with Crippen LogP contribution in [0.3, 0.4) is 0 Å². The molecule has 5 nitrogen and oxygen atoms in total. The van der Waals surface area contributed by atoms with Crippen molar-refractivity contribution in [3.05, 3.63) is 60.1 Å². The smallest absolute Gasteiger partial charge is 0.341 e. The standard InChI is InChI=1S/C20H20O5/c1-10-6-16-18(12(3)19(21)24-16)17(7-11(2)15-8-14(10)15)25-20(22)13-4-5-23-9-13/h4-6,9,14-18H,2-3,7-8H2,1H3. The lowest BCUT2D eigenvalue weighted by Crippen LogP contribution is -2.33. The summed E-state index contributed by atoms with van der Waals surface area (Å²) >= 11 is 0. The van der Waals surface area contributed by atoms with Gasteiger partial charge in [0.15, 0.2) is 0 Å². The van der Waals surface area contributed by atoms with Crippen molar-refractivity contribution in [2.45, 2.75) is 32.0 Å². The van der Waals surface area contributed by atoms with Crippen LogP contribution in [0.1, 0.15) is 30.1 Å². The Balaban J connectivity index is 1.67. The van der Waals surface area contributed by atoms with E-state index in [1.54, 1.807) is 6.07 Å². The second kappa shape index (κ2) is 5.76. The predicted molar refractivity (Wildman–Crippen MR) is 89.5 cm³/mol. The predicted octanol–water partition coefficient (Wildman–Crippen LogP) is 3.45. The normalized spacial score (nSPS) is 34.0. The summed E-state index contributed by atoms with van der Waals surface area (Å²) in [7, 11) is 0. The van der Waals surface area contributed by atoms with E-state index >= 15 is 0 Å². The SMILES string of the molecule is C=C1CC(OC(=O)c2ccoc2)C2C(=C)C(=O)OC2C=C(C)C2CC12. The van der Waals surface area contributed by atoms with Crippen LogP contribution in [0.15, 0.2) is 59.0 Å². The molecule has 0 radical (unpaired) electrons. The Labute approximate surface area is 146 Å². The minimum Gasteiger partial charge on any atom is -0.472 e. The largest absolute Gasteiger partial charge is 0.472 e. The van der Waals surface area contributed by atoms with Gasteiger partial charge in [0.05, 0.1) is 17.7 Å². The van der Waals surface area contributed by atoms with Crippen LogP contribution in [0.4, 0.5) is 0 Å². The van der Waals surface area contributed by atoms with Crippen LogP contribution in [0.5, 0.6) is 0 Å². The van der Waals surface area contributed by atoms with Crippen LogP contribution in [0.2, 0.25) is 0 Å². The van der Waals surface area contributed by atoms with E-state index in [0.717, 1.165) is 12.0 Å². The summed E-state index contributed by atoms with van der Waals surface area (Å²) in [4.78, 5) is 24.5. The highest BCUT2D eigenvalue weighted by Gasteiger charge is 2.49. The van der Waals surface area contributed by atoms with Crippen molar-refractivity contribution in [1.29, 1.82) is 0 Å². The van der Waals surface area contributed by atoms with Gasteiger partial charge in [0.2, 0.25) is 0 Å². The van der Waals surface area contributed by atoms with Gasteiger partial charge in [0.1, 0.15) is 18.5 Å². The minimum atomic E-state index is -0.540. The van der Waals surface area contributed by atoms with Gasteiger partial charge in [0, 0.05) is 12.0 Å². The molecule has 5 atom stereocenters. The molecule has 1 aromatic rings. The molecule has 4 rings (SSSR count). The molecule has 1 aliphatic heterocycles. The fraction of sp³-hybridized carbons (Fsp3) is 0.400. The van der Waals surface area contributed by atoms with Gasteiger partial charge < -0.3 is 13.9 Å². The lowest BCUT2D eigenvalue weighted by Gasteiger charge is -2.26. The molecule has 2 fully saturated rings. The topological polar surface area (TPSA) is 65.7 Å². The van der Waals surface area contributed by atoms with Gasteiger partial charge in [-0.1, -0.05) is 24.3 Å². The van der Waals surface area contributed by atoms with Gasteiger partial charge in [-0.3, -0.25) is 0 Å². The molecule has 2 aliphatic carbocycles. The number of hydrogen-bond donors (Lipinski definition) is 0. The average molecular weight is 340 g/mol. The highest BCUT2D eigenvalue weighted by molar-refractivity contribution is 5.92. The minimum absolute atomic E-state index is 0.342. The maximum absolute atomic E-state index is 12.4.